The highest BCUT2D eigenvalue weighted by atomic mass is 19.3. The predicted octanol–water partition coefficient (Wildman–Crippen LogP) is 3.81. The lowest BCUT2D eigenvalue weighted by Gasteiger charge is -2.43. The molecule has 0 saturated carbocycles. The van der Waals surface area contributed by atoms with E-state index in [2.05, 4.69) is 20.1 Å². The third-order valence-corrected chi connectivity index (χ3v) is 6.44. The summed E-state index contributed by atoms with van der Waals surface area (Å²) in [6.45, 7) is 2.34. The Bertz CT molecular complexity index is 1150. The van der Waals surface area contributed by atoms with Gasteiger partial charge in [-0.15, -0.1) is 10.2 Å². The third kappa shape index (κ3) is 4.92. The van der Waals surface area contributed by atoms with Crippen LogP contribution in [-0.4, -0.2) is 64.0 Å². The Morgan fingerprint density at radius 2 is 1.86 bits per heavy atom. The molecular formula is C24H24F3N5O3. The molecule has 1 amide bonds. The lowest BCUT2D eigenvalue weighted by molar-refractivity contribution is -0.136. The first-order valence-electron chi connectivity index (χ1n) is 11.4. The predicted molar refractivity (Wildman–Crippen MR) is 119 cm³/mol. The number of aromatic nitrogens is 3. The fourth-order valence-electron chi connectivity index (χ4n) is 4.27. The van der Waals surface area contributed by atoms with Crippen molar-refractivity contribution in [3.05, 3.63) is 60.2 Å². The molecular weight excluding hydrogens is 463 g/mol. The number of pyridine rings is 1. The number of piperidine rings is 1. The Labute approximate surface area is 199 Å². The van der Waals surface area contributed by atoms with Crippen LogP contribution in [0.3, 0.4) is 0 Å². The maximum atomic E-state index is 16.0. The Morgan fingerprint density at radius 3 is 2.43 bits per heavy atom. The van der Waals surface area contributed by atoms with Gasteiger partial charge in [-0.1, -0.05) is 18.2 Å². The van der Waals surface area contributed by atoms with E-state index in [1.807, 2.05) is 6.07 Å². The molecule has 0 radical (unpaired) electrons. The van der Waals surface area contributed by atoms with Crippen molar-refractivity contribution in [3.8, 4) is 11.5 Å². The van der Waals surface area contributed by atoms with Crippen molar-refractivity contribution in [3.63, 3.8) is 0 Å². The molecule has 0 unspecified atom stereocenters. The lowest BCUT2D eigenvalue weighted by Crippen LogP contribution is -2.57. The summed E-state index contributed by atoms with van der Waals surface area (Å²) in [6, 6.07) is 12.4. The van der Waals surface area contributed by atoms with E-state index in [1.165, 1.54) is 11.1 Å². The minimum absolute atomic E-state index is 0.0428. The summed E-state index contributed by atoms with van der Waals surface area (Å²) in [6.07, 6.45) is -1.24. The van der Waals surface area contributed by atoms with Gasteiger partial charge in [-0.05, 0) is 24.3 Å². The number of benzene rings is 1. The Hall–Kier alpha value is -3.31. The standard InChI is InChI=1S/C24H24F3N5O3/c25-20(26)22-30-29-21(35-22)16-6-7-17(28-12-16)13-32(18-4-2-1-3-5-18)23(33)24(27)8-10-31(11-9-24)19-14-34-15-19/h1-7,12,19-20H,8-11,13-15H2. The van der Waals surface area contributed by atoms with Crippen LogP contribution in [0.5, 0.6) is 0 Å². The van der Waals surface area contributed by atoms with E-state index >= 15 is 4.39 Å². The molecule has 0 N–H and O–H groups in total. The van der Waals surface area contributed by atoms with E-state index in [0.29, 0.717) is 49.3 Å². The number of carbonyl (C=O) groups excluding carboxylic acids is 1. The number of amides is 1. The largest absolute Gasteiger partial charge is 0.415 e. The SMILES string of the molecule is O=C(N(Cc1ccc(-c2nnc(C(F)F)o2)cn1)c1ccccc1)C1(F)CCN(C2COC2)CC1. The van der Waals surface area contributed by atoms with Crippen LogP contribution in [0.15, 0.2) is 53.1 Å². The molecule has 2 fully saturated rings. The number of likely N-dealkylation sites (tertiary alicyclic amines) is 1. The van der Waals surface area contributed by atoms with Gasteiger partial charge < -0.3 is 14.1 Å². The second kappa shape index (κ2) is 9.74. The minimum atomic E-state index is -2.86. The highest BCUT2D eigenvalue weighted by Crippen LogP contribution is 2.33. The van der Waals surface area contributed by atoms with E-state index in [0.717, 1.165) is 0 Å². The summed E-state index contributed by atoms with van der Waals surface area (Å²) in [4.78, 5) is 21.4. The first-order valence-corrected chi connectivity index (χ1v) is 11.4. The summed E-state index contributed by atoms with van der Waals surface area (Å²) >= 11 is 0. The van der Waals surface area contributed by atoms with Gasteiger partial charge in [0.25, 0.3) is 11.8 Å². The fourth-order valence-corrected chi connectivity index (χ4v) is 4.27. The average molecular weight is 487 g/mol. The number of anilines is 1. The topological polar surface area (TPSA) is 84.6 Å². The molecule has 2 aliphatic heterocycles. The first kappa shape index (κ1) is 23.4. The van der Waals surface area contributed by atoms with E-state index < -0.39 is 23.9 Å². The number of alkyl halides is 3. The summed E-state index contributed by atoms with van der Waals surface area (Å²) < 4.78 is 51.6. The van der Waals surface area contributed by atoms with E-state index in [-0.39, 0.29) is 25.3 Å². The molecule has 0 aliphatic carbocycles. The molecule has 11 heteroatoms. The van der Waals surface area contributed by atoms with Gasteiger partial charge in [-0.3, -0.25) is 14.7 Å². The molecule has 8 nitrogen and oxygen atoms in total. The zero-order chi connectivity index (χ0) is 24.4. The molecule has 0 atom stereocenters. The van der Waals surface area contributed by atoms with Gasteiger partial charge in [0, 0.05) is 37.8 Å². The molecule has 3 aromatic rings. The van der Waals surface area contributed by atoms with Gasteiger partial charge in [-0.2, -0.15) is 8.78 Å². The van der Waals surface area contributed by atoms with Crippen LogP contribution in [-0.2, 0) is 16.1 Å². The number of nitrogens with zero attached hydrogens (tertiary/aromatic N) is 5. The number of para-hydroxylation sites is 1. The Balaban J connectivity index is 1.33. The zero-order valence-electron chi connectivity index (χ0n) is 18.8. The van der Waals surface area contributed by atoms with Crippen LogP contribution in [0, 0.1) is 0 Å². The first-order chi connectivity index (χ1) is 16.9. The number of ether oxygens (including phenoxy) is 1. The number of hydrogen-bond acceptors (Lipinski definition) is 7. The average Bonchev–Trinajstić information content (AvgIpc) is 3.34. The fraction of sp³-hybridized carbons (Fsp3) is 0.417. The van der Waals surface area contributed by atoms with Crippen molar-refractivity contribution in [2.24, 2.45) is 0 Å². The second-order valence-corrected chi connectivity index (χ2v) is 8.70. The molecule has 4 heterocycles. The van der Waals surface area contributed by atoms with Crippen LogP contribution in [0.25, 0.3) is 11.5 Å². The van der Waals surface area contributed by atoms with Gasteiger partial charge in [-0.25, -0.2) is 4.39 Å². The van der Waals surface area contributed by atoms with Gasteiger partial charge in [0.1, 0.15) is 0 Å². The van der Waals surface area contributed by atoms with Crippen LogP contribution in [0.1, 0.15) is 30.9 Å². The third-order valence-electron chi connectivity index (χ3n) is 6.44. The highest BCUT2D eigenvalue weighted by Gasteiger charge is 2.46. The van der Waals surface area contributed by atoms with Gasteiger partial charge in [0.2, 0.25) is 5.89 Å². The van der Waals surface area contributed by atoms with E-state index in [1.54, 1.807) is 36.4 Å². The lowest BCUT2D eigenvalue weighted by atomic mass is 9.90. The maximum Gasteiger partial charge on any atom is 0.314 e. The van der Waals surface area contributed by atoms with Gasteiger partial charge >= 0.3 is 6.43 Å². The second-order valence-electron chi connectivity index (χ2n) is 8.70. The minimum Gasteiger partial charge on any atom is -0.415 e. The van der Waals surface area contributed by atoms with Crippen molar-refractivity contribution in [1.82, 2.24) is 20.1 Å². The summed E-state index contributed by atoms with van der Waals surface area (Å²) in [5.74, 6) is -1.45. The normalized spacial score (nSPS) is 18.4. The molecule has 2 saturated heterocycles. The quantitative estimate of drug-likeness (QED) is 0.501. The van der Waals surface area contributed by atoms with Crippen molar-refractivity contribution in [2.45, 2.75) is 37.5 Å². The summed E-state index contributed by atoms with van der Waals surface area (Å²) in [7, 11) is 0. The molecule has 2 aliphatic rings. The van der Waals surface area contributed by atoms with Crippen LogP contribution < -0.4 is 4.90 Å². The Kier molecular flexibility index (Phi) is 6.52. The smallest absolute Gasteiger partial charge is 0.314 e. The Morgan fingerprint density at radius 1 is 1.11 bits per heavy atom. The van der Waals surface area contributed by atoms with Crippen molar-refractivity contribution in [1.29, 1.82) is 0 Å². The number of hydrogen-bond donors (Lipinski definition) is 0. The van der Waals surface area contributed by atoms with Crippen LogP contribution in [0.2, 0.25) is 0 Å². The van der Waals surface area contributed by atoms with E-state index in [4.69, 9.17) is 9.15 Å². The summed E-state index contributed by atoms with van der Waals surface area (Å²) in [5, 5.41) is 6.92. The molecule has 2 aromatic heterocycles. The highest BCUT2D eigenvalue weighted by molar-refractivity contribution is 5.99. The molecule has 35 heavy (non-hydrogen) atoms. The van der Waals surface area contributed by atoms with E-state index in [9.17, 15) is 13.6 Å². The van der Waals surface area contributed by atoms with Crippen molar-refractivity contribution >= 4 is 11.6 Å². The molecule has 0 spiro atoms. The van der Waals surface area contributed by atoms with Crippen LogP contribution >= 0.6 is 0 Å². The molecule has 5 rings (SSSR count). The van der Waals surface area contributed by atoms with Crippen molar-refractivity contribution in [2.75, 3.05) is 31.2 Å². The summed E-state index contributed by atoms with van der Waals surface area (Å²) in [5.41, 5.74) is -0.562. The molecule has 0 bridgehead atoms. The van der Waals surface area contributed by atoms with Gasteiger partial charge in [0.15, 0.2) is 5.67 Å². The molecule has 1 aromatic carbocycles. The zero-order valence-corrected chi connectivity index (χ0v) is 18.8. The monoisotopic (exact) mass is 487 g/mol. The van der Waals surface area contributed by atoms with Crippen molar-refractivity contribution < 1.29 is 27.1 Å². The number of halogens is 3. The van der Waals surface area contributed by atoms with Gasteiger partial charge in [0.05, 0.1) is 37.1 Å². The van der Waals surface area contributed by atoms with Crippen LogP contribution in [0.4, 0.5) is 18.9 Å². The maximum absolute atomic E-state index is 16.0. The number of rotatable bonds is 7. The molecule has 184 valence electrons. The number of carbonyl (C=O) groups is 1.